The minimum absolute atomic E-state index is 0.578. The van der Waals surface area contributed by atoms with Crippen LogP contribution in [0.2, 0.25) is 0 Å². The number of rotatable bonds is 4. The van der Waals surface area contributed by atoms with Crippen LogP contribution >= 0.6 is 0 Å². The molecule has 0 heterocycles. The van der Waals surface area contributed by atoms with Crippen molar-refractivity contribution in [1.82, 2.24) is 5.32 Å². The summed E-state index contributed by atoms with van der Waals surface area (Å²) in [6.07, 6.45) is 10.4. The zero-order valence-electron chi connectivity index (χ0n) is 12.0. The molecule has 0 fully saturated rings. The fourth-order valence-corrected chi connectivity index (χ4v) is 3.83. The molecular formula is C18H25N. The molecule has 0 saturated carbocycles. The zero-order chi connectivity index (χ0) is 13.1. The Labute approximate surface area is 117 Å². The number of nitrogens with one attached hydrogen (secondary N) is 1. The Hall–Kier alpha value is -1.08. The standard InChI is InChI=1S/C18H25N/c1-2-19-18(15-9-4-3-5-10-15)17-13-12-14-8-6-7-11-16(14)17/h6-9,11,17-19H,2-5,10,12-13H2,1H3. The fourth-order valence-electron chi connectivity index (χ4n) is 3.83. The van der Waals surface area contributed by atoms with Crippen molar-refractivity contribution in [3.63, 3.8) is 0 Å². The summed E-state index contributed by atoms with van der Waals surface area (Å²) in [5.41, 5.74) is 4.85. The van der Waals surface area contributed by atoms with Gasteiger partial charge in [0.25, 0.3) is 0 Å². The molecule has 2 unspecified atom stereocenters. The lowest BCUT2D eigenvalue weighted by molar-refractivity contribution is 0.463. The lowest BCUT2D eigenvalue weighted by Crippen LogP contribution is -2.36. The van der Waals surface area contributed by atoms with Crippen molar-refractivity contribution in [1.29, 1.82) is 0 Å². The van der Waals surface area contributed by atoms with Crippen LogP contribution in [0.5, 0.6) is 0 Å². The molecule has 0 bridgehead atoms. The highest BCUT2D eigenvalue weighted by molar-refractivity contribution is 5.38. The van der Waals surface area contributed by atoms with Crippen molar-refractivity contribution in [2.24, 2.45) is 0 Å². The summed E-state index contributed by atoms with van der Waals surface area (Å²) >= 11 is 0. The predicted molar refractivity (Wildman–Crippen MR) is 81.5 cm³/mol. The smallest absolute Gasteiger partial charge is 0.0348 e. The van der Waals surface area contributed by atoms with E-state index >= 15 is 0 Å². The minimum Gasteiger partial charge on any atom is -0.310 e. The van der Waals surface area contributed by atoms with Gasteiger partial charge in [-0.1, -0.05) is 42.8 Å². The third kappa shape index (κ3) is 2.62. The van der Waals surface area contributed by atoms with Crippen LogP contribution in [0.15, 0.2) is 35.9 Å². The first kappa shape index (κ1) is 12.9. The van der Waals surface area contributed by atoms with E-state index in [9.17, 15) is 0 Å². The Bertz CT molecular complexity index is 461. The van der Waals surface area contributed by atoms with Crippen LogP contribution in [0.25, 0.3) is 0 Å². The number of aryl methyl sites for hydroxylation is 1. The molecule has 0 saturated heterocycles. The second-order valence-electron chi connectivity index (χ2n) is 5.90. The summed E-state index contributed by atoms with van der Waals surface area (Å²) in [6.45, 7) is 3.30. The number of likely N-dealkylation sites (N-methyl/N-ethyl adjacent to an activating group) is 1. The Kier molecular flexibility index (Phi) is 4.03. The highest BCUT2D eigenvalue weighted by atomic mass is 14.9. The molecule has 1 aromatic carbocycles. The van der Waals surface area contributed by atoms with Gasteiger partial charge in [-0.15, -0.1) is 0 Å². The lowest BCUT2D eigenvalue weighted by atomic mass is 9.83. The van der Waals surface area contributed by atoms with Gasteiger partial charge in [0.1, 0.15) is 0 Å². The Morgan fingerprint density at radius 3 is 2.89 bits per heavy atom. The number of fused-ring (bicyclic) bond motifs is 1. The molecule has 1 nitrogen and oxygen atoms in total. The summed E-state index contributed by atoms with van der Waals surface area (Å²) in [7, 11) is 0. The second kappa shape index (κ2) is 5.92. The van der Waals surface area contributed by atoms with E-state index in [-0.39, 0.29) is 0 Å². The summed E-state index contributed by atoms with van der Waals surface area (Å²) in [4.78, 5) is 0. The van der Waals surface area contributed by atoms with Gasteiger partial charge in [0.15, 0.2) is 0 Å². The number of hydrogen-bond acceptors (Lipinski definition) is 1. The highest BCUT2D eigenvalue weighted by Gasteiger charge is 2.31. The molecule has 2 aliphatic rings. The predicted octanol–water partition coefficient (Wildman–Crippen LogP) is 4.19. The highest BCUT2D eigenvalue weighted by Crippen LogP contribution is 2.39. The summed E-state index contributed by atoms with van der Waals surface area (Å²) in [5, 5.41) is 3.77. The molecule has 1 N–H and O–H groups in total. The molecule has 2 aliphatic carbocycles. The maximum absolute atomic E-state index is 3.77. The molecular weight excluding hydrogens is 230 g/mol. The molecule has 0 radical (unpaired) electrons. The van der Waals surface area contributed by atoms with E-state index in [0.717, 1.165) is 6.54 Å². The molecule has 0 aliphatic heterocycles. The minimum atomic E-state index is 0.578. The van der Waals surface area contributed by atoms with Crippen molar-refractivity contribution in [3.05, 3.63) is 47.0 Å². The third-order valence-corrected chi connectivity index (χ3v) is 4.73. The first-order valence-electron chi connectivity index (χ1n) is 7.90. The maximum atomic E-state index is 3.77. The molecule has 0 aromatic heterocycles. The number of allylic oxidation sites excluding steroid dienone is 1. The van der Waals surface area contributed by atoms with Crippen molar-refractivity contribution in [3.8, 4) is 0 Å². The van der Waals surface area contributed by atoms with Crippen molar-refractivity contribution in [2.45, 2.75) is 57.4 Å². The van der Waals surface area contributed by atoms with Gasteiger partial charge in [0.2, 0.25) is 0 Å². The molecule has 3 rings (SSSR count). The van der Waals surface area contributed by atoms with Gasteiger partial charge >= 0.3 is 0 Å². The first-order valence-corrected chi connectivity index (χ1v) is 7.90. The van der Waals surface area contributed by atoms with E-state index in [4.69, 9.17) is 0 Å². The van der Waals surface area contributed by atoms with Crippen LogP contribution in [0.1, 0.15) is 56.1 Å². The van der Waals surface area contributed by atoms with Crippen LogP contribution in [0, 0.1) is 0 Å². The monoisotopic (exact) mass is 255 g/mol. The largest absolute Gasteiger partial charge is 0.310 e. The van der Waals surface area contributed by atoms with E-state index in [2.05, 4.69) is 42.6 Å². The summed E-state index contributed by atoms with van der Waals surface area (Å²) in [6, 6.07) is 9.63. The van der Waals surface area contributed by atoms with Crippen molar-refractivity contribution < 1.29 is 0 Å². The van der Waals surface area contributed by atoms with Crippen LogP contribution in [-0.4, -0.2) is 12.6 Å². The van der Waals surface area contributed by atoms with E-state index in [1.54, 1.807) is 16.7 Å². The fraction of sp³-hybridized carbons (Fsp3) is 0.556. The number of benzene rings is 1. The number of hydrogen-bond donors (Lipinski definition) is 1. The van der Waals surface area contributed by atoms with Crippen LogP contribution in [0.4, 0.5) is 0 Å². The van der Waals surface area contributed by atoms with Crippen LogP contribution < -0.4 is 5.32 Å². The normalized spacial score (nSPS) is 23.8. The molecule has 0 amide bonds. The maximum Gasteiger partial charge on any atom is 0.0348 e. The molecule has 102 valence electrons. The Morgan fingerprint density at radius 2 is 2.11 bits per heavy atom. The van der Waals surface area contributed by atoms with Crippen LogP contribution in [-0.2, 0) is 6.42 Å². The molecule has 1 heteroatoms. The zero-order valence-corrected chi connectivity index (χ0v) is 12.0. The van der Waals surface area contributed by atoms with Crippen molar-refractivity contribution >= 4 is 0 Å². The van der Waals surface area contributed by atoms with Gasteiger partial charge in [0, 0.05) is 12.0 Å². The first-order chi connectivity index (χ1) is 9.40. The van der Waals surface area contributed by atoms with E-state index in [1.165, 1.54) is 38.5 Å². The second-order valence-corrected chi connectivity index (χ2v) is 5.90. The molecule has 2 atom stereocenters. The summed E-state index contributed by atoms with van der Waals surface area (Å²) in [5.74, 6) is 0.695. The third-order valence-electron chi connectivity index (χ3n) is 4.73. The average Bonchev–Trinajstić information content (AvgIpc) is 2.89. The van der Waals surface area contributed by atoms with E-state index in [1.807, 2.05) is 0 Å². The average molecular weight is 255 g/mol. The van der Waals surface area contributed by atoms with Gasteiger partial charge in [0.05, 0.1) is 0 Å². The lowest BCUT2D eigenvalue weighted by Gasteiger charge is -2.30. The van der Waals surface area contributed by atoms with E-state index < -0.39 is 0 Å². The van der Waals surface area contributed by atoms with E-state index in [0.29, 0.717) is 12.0 Å². The molecule has 19 heavy (non-hydrogen) atoms. The van der Waals surface area contributed by atoms with Gasteiger partial charge in [-0.05, 0) is 56.2 Å². The van der Waals surface area contributed by atoms with Crippen LogP contribution in [0.3, 0.4) is 0 Å². The van der Waals surface area contributed by atoms with Gasteiger partial charge in [-0.3, -0.25) is 0 Å². The Morgan fingerprint density at radius 1 is 1.21 bits per heavy atom. The van der Waals surface area contributed by atoms with Crippen molar-refractivity contribution in [2.75, 3.05) is 6.54 Å². The van der Waals surface area contributed by atoms with Gasteiger partial charge < -0.3 is 5.32 Å². The SMILES string of the molecule is CCNC(C1=CCCCC1)C1CCc2ccccc21. The topological polar surface area (TPSA) is 12.0 Å². The Balaban J connectivity index is 1.87. The summed E-state index contributed by atoms with van der Waals surface area (Å²) < 4.78 is 0. The quantitative estimate of drug-likeness (QED) is 0.795. The van der Waals surface area contributed by atoms with Gasteiger partial charge in [-0.2, -0.15) is 0 Å². The van der Waals surface area contributed by atoms with Gasteiger partial charge in [-0.25, -0.2) is 0 Å². The molecule has 1 aromatic rings. The molecule has 0 spiro atoms.